The summed E-state index contributed by atoms with van der Waals surface area (Å²) in [6, 6.07) is 0. The first-order valence-electron chi connectivity index (χ1n) is 5.08. The molecule has 0 aromatic carbocycles. The summed E-state index contributed by atoms with van der Waals surface area (Å²) in [5.41, 5.74) is 0. The molecule has 1 heterocycles. The molecule has 0 amide bonds. The average Bonchev–Trinajstić information content (AvgIpc) is 2.14. The highest BCUT2D eigenvalue weighted by Crippen LogP contribution is 2.14. The van der Waals surface area contributed by atoms with Gasteiger partial charge in [-0.1, -0.05) is 0 Å². The van der Waals surface area contributed by atoms with E-state index in [9.17, 15) is 4.21 Å². The van der Waals surface area contributed by atoms with Crippen LogP contribution >= 0.6 is 0 Å². The second-order valence-corrected chi connectivity index (χ2v) is 6.45. The summed E-state index contributed by atoms with van der Waals surface area (Å²) < 4.78 is 20.8. The topological polar surface area (TPSA) is 38.7 Å². The second kappa shape index (κ2) is 5.03. The minimum atomic E-state index is -1.15. The molecule has 1 rings (SSSR count). The van der Waals surface area contributed by atoms with E-state index in [1.54, 1.807) is 6.21 Å². The van der Waals surface area contributed by atoms with Crippen molar-refractivity contribution in [3.63, 3.8) is 0 Å². The standard InChI is InChI=1S/C10H19NO2S/c1-10(2,3)14(12)11-8-9-6-4-5-7-13-9/h8-9H,4-7H2,1-3H3/b11-8+/t9-,14?/m1/s1. The lowest BCUT2D eigenvalue weighted by molar-refractivity contribution is 0.0617. The van der Waals surface area contributed by atoms with Gasteiger partial charge in [0, 0.05) is 12.8 Å². The zero-order valence-corrected chi connectivity index (χ0v) is 9.97. The maximum absolute atomic E-state index is 11.6. The maximum atomic E-state index is 11.6. The molecule has 1 saturated heterocycles. The molecule has 1 fully saturated rings. The summed E-state index contributed by atoms with van der Waals surface area (Å²) in [6.45, 7) is 6.56. The number of hydrogen-bond acceptors (Lipinski definition) is 2. The van der Waals surface area contributed by atoms with Gasteiger partial charge in [0.1, 0.15) is 11.0 Å². The monoisotopic (exact) mass is 217 g/mol. The zero-order valence-electron chi connectivity index (χ0n) is 9.16. The van der Waals surface area contributed by atoms with Crippen LogP contribution in [0.15, 0.2) is 4.40 Å². The molecule has 82 valence electrons. The Balaban J connectivity index is 2.42. The van der Waals surface area contributed by atoms with Gasteiger partial charge < -0.3 is 4.74 Å². The summed E-state index contributed by atoms with van der Waals surface area (Å²) in [5, 5.41) is 0. The first kappa shape index (κ1) is 11.9. The van der Waals surface area contributed by atoms with Crippen molar-refractivity contribution in [3.05, 3.63) is 0 Å². The van der Waals surface area contributed by atoms with Gasteiger partial charge in [-0.25, -0.2) is 4.21 Å². The Morgan fingerprint density at radius 1 is 1.43 bits per heavy atom. The van der Waals surface area contributed by atoms with Crippen molar-refractivity contribution < 1.29 is 8.95 Å². The third-order valence-corrected chi connectivity index (χ3v) is 3.42. The van der Waals surface area contributed by atoms with Gasteiger partial charge in [-0.05, 0) is 40.0 Å². The molecule has 0 bridgehead atoms. The molecule has 2 atom stereocenters. The Morgan fingerprint density at radius 2 is 2.14 bits per heavy atom. The lowest BCUT2D eigenvalue weighted by Crippen LogP contribution is -2.23. The molecule has 3 nitrogen and oxygen atoms in total. The smallest absolute Gasteiger partial charge is 0.144 e. The van der Waals surface area contributed by atoms with Crippen molar-refractivity contribution in [3.8, 4) is 0 Å². The number of nitrogens with zero attached hydrogens (tertiary/aromatic N) is 1. The molecule has 0 spiro atoms. The fourth-order valence-electron chi connectivity index (χ4n) is 1.16. The molecule has 0 radical (unpaired) electrons. The van der Waals surface area contributed by atoms with Gasteiger partial charge in [-0.3, -0.25) is 0 Å². The average molecular weight is 217 g/mol. The number of rotatable bonds is 2. The minimum Gasteiger partial charge on any atom is -0.373 e. The lowest BCUT2D eigenvalue weighted by Gasteiger charge is -2.19. The Hall–Kier alpha value is -0.220. The Bertz CT molecular complexity index is 227. The summed E-state index contributed by atoms with van der Waals surface area (Å²) in [6.07, 6.45) is 5.10. The lowest BCUT2D eigenvalue weighted by atomic mass is 10.1. The molecule has 1 unspecified atom stereocenters. The number of hydrogen-bond donors (Lipinski definition) is 0. The molecular formula is C10H19NO2S. The van der Waals surface area contributed by atoms with E-state index in [1.165, 1.54) is 6.42 Å². The predicted octanol–water partition coefficient (Wildman–Crippen LogP) is 2.09. The van der Waals surface area contributed by atoms with Crippen LogP contribution in [-0.4, -0.2) is 27.9 Å². The molecule has 0 aliphatic carbocycles. The van der Waals surface area contributed by atoms with E-state index in [0.29, 0.717) is 0 Å². The minimum absolute atomic E-state index is 0.0787. The molecule has 0 aromatic heterocycles. The SMILES string of the molecule is CC(C)(C)S(=O)/N=C/[C@H]1CCCCO1. The molecule has 0 N–H and O–H groups in total. The molecule has 0 saturated carbocycles. The van der Waals surface area contributed by atoms with E-state index >= 15 is 0 Å². The van der Waals surface area contributed by atoms with E-state index < -0.39 is 11.0 Å². The van der Waals surface area contributed by atoms with Gasteiger partial charge in [-0.2, -0.15) is 4.40 Å². The Kier molecular flexibility index (Phi) is 4.26. The molecule has 14 heavy (non-hydrogen) atoms. The van der Waals surface area contributed by atoms with E-state index in [2.05, 4.69) is 4.40 Å². The van der Waals surface area contributed by atoms with E-state index in [0.717, 1.165) is 19.4 Å². The highest BCUT2D eigenvalue weighted by Gasteiger charge is 2.19. The normalized spacial score (nSPS) is 26.6. The zero-order chi connectivity index (χ0) is 10.6. The van der Waals surface area contributed by atoms with Crippen LogP contribution in [0.5, 0.6) is 0 Å². The summed E-state index contributed by atoms with van der Waals surface area (Å²) in [5.74, 6) is 0. The van der Waals surface area contributed by atoms with Crippen LogP contribution in [0.1, 0.15) is 40.0 Å². The summed E-state index contributed by atoms with van der Waals surface area (Å²) >= 11 is 0. The van der Waals surface area contributed by atoms with E-state index in [-0.39, 0.29) is 10.9 Å². The van der Waals surface area contributed by atoms with E-state index in [1.807, 2.05) is 20.8 Å². The molecule has 0 aromatic rings. The summed E-state index contributed by atoms with van der Waals surface area (Å²) in [7, 11) is -1.15. The van der Waals surface area contributed by atoms with Gasteiger partial charge in [0.25, 0.3) is 0 Å². The van der Waals surface area contributed by atoms with Crippen molar-refractivity contribution in [2.24, 2.45) is 4.40 Å². The fraction of sp³-hybridized carbons (Fsp3) is 0.900. The van der Waals surface area contributed by atoms with Crippen molar-refractivity contribution in [2.75, 3.05) is 6.61 Å². The van der Waals surface area contributed by atoms with Gasteiger partial charge >= 0.3 is 0 Å². The van der Waals surface area contributed by atoms with Crippen molar-refractivity contribution in [2.45, 2.75) is 50.9 Å². The van der Waals surface area contributed by atoms with Crippen molar-refractivity contribution in [1.82, 2.24) is 0 Å². The first-order chi connectivity index (χ1) is 6.50. The van der Waals surface area contributed by atoms with Crippen LogP contribution in [0.25, 0.3) is 0 Å². The predicted molar refractivity (Wildman–Crippen MR) is 60.0 cm³/mol. The molecular weight excluding hydrogens is 198 g/mol. The van der Waals surface area contributed by atoms with Crippen LogP contribution < -0.4 is 0 Å². The van der Waals surface area contributed by atoms with Gasteiger partial charge in [0.05, 0.1) is 10.9 Å². The highest BCUT2D eigenvalue weighted by molar-refractivity contribution is 7.85. The molecule has 1 aliphatic rings. The Labute approximate surface area is 88.5 Å². The molecule has 4 heteroatoms. The van der Waals surface area contributed by atoms with Gasteiger partial charge in [0.2, 0.25) is 0 Å². The highest BCUT2D eigenvalue weighted by atomic mass is 32.2. The van der Waals surface area contributed by atoms with Gasteiger partial charge in [0.15, 0.2) is 0 Å². The van der Waals surface area contributed by atoms with Gasteiger partial charge in [-0.15, -0.1) is 0 Å². The maximum Gasteiger partial charge on any atom is 0.144 e. The molecule has 1 aliphatic heterocycles. The van der Waals surface area contributed by atoms with E-state index in [4.69, 9.17) is 4.74 Å². The first-order valence-corrected chi connectivity index (χ1v) is 6.18. The van der Waals surface area contributed by atoms with Crippen LogP contribution in [0.2, 0.25) is 0 Å². The fourth-order valence-corrected chi connectivity index (χ4v) is 1.73. The second-order valence-electron chi connectivity index (χ2n) is 4.52. The Morgan fingerprint density at radius 3 is 2.64 bits per heavy atom. The largest absolute Gasteiger partial charge is 0.373 e. The quantitative estimate of drug-likeness (QED) is 0.664. The number of ether oxygens (including phenoxy) is 1. The summed E-state index contributed by atoms with van der Waals surface area (Å²) in [4.78, 5) is 0. The third-order valence-electron chi connectivity index (χ3n) is 2.06. The van der Waals surface area contributed by atoms with Crippen LogP contribution in [0.4, 0.5) is 0 Å². The van der Waals surface area contributed by atoms with Crippen LogP contribution in [0.3, 0.4) is 0 Å². The van der Waals surface area contributed by atoms with Crippen LogP contribution in [0, 0.1) is 0 Å². The third kappa shape index (κ3) is 3.88. The van der Waals surface area contributed by atoms with Crippen molar-refractivity contribution in [1.29, 1.82) is 0 Å². The van der Waals surface area contributed by atoms with Crippen molar-refractivity contribution >= 4 is 17.2 Å². The van der Waals surface area contributed by atoms with Crippen LogP contribution in [-0.2, 0) is 15.7 Å².